The summed E-state index contributed by atoms with van der Waals surface area (Å²) in [5.74, 6) is 1.21. The molecule has 144 valence electrons. The van der Waals surface area contributed by atoms with Gasteiger partial charge in [0.25, 0.3) is 11.5 Å². The lowest BCUT2D eigenvalue weighted by molar-refractivity contribution is 0.0656. The van der Waals surface area contributed by atoms with E-state index in [2.05, 4.69) is 30.7 Å². The second kappa shape index (κ2) is 6.04. The number of nitrogens with zero attached hydrogens (tertiary/aromatic N) is 3. The third-order valence-corrected chi connectivity index (χ3v) is 6.04. The number of H-pyrrole nitrogens is 1. The van der Waals surface area contributed by atoms with Crippen LogP contribution in [0.25, 0.3) is 0 Å². The van der Waals surface area contributed by atoms with E-state index in [0.29, 0.717) is 24.5 Å². The zero-order valence-electron chi connectivity index (χ0n) is 16.4. The lowest BCUT2D eigenvalue weighted by Gasteiger charge is -2.39. The Morgan fingerprint density at radius 2 is 1.96 bits per heavy atom. The van der Waals surface area contributed by atoms with Gasteiger partial charge in [-0.3, -0.25) is 9.59 Å². The summed E-state index contributed by atoms with van der Waals surface area (Å²) in [5.41, 5.74) is 1.87. The molecule has 0 bridgehead atoms. The second-order valence-electron chi connectivity index (χ2n) is 8.82. The van der Waals surface area contributed by atoms with E-state index in [1.807, 2.05) is 4.90 Å². The maximum absolute atomic E-state index is 12.7. The molecule has 4 rings (SSSR count). The van der Waals surface area contributed by atoms with Crippen LogP contribution in [0.4, 0.5) is 0 Å². The number of oxazole rings is 1. The summed E-state index contributed by atoms with van der Waals surface area (Å²) in [5, 5.41) is 0. The van der Waals surface area contributed by atoms with Crippen LogP contribution in [0.3, 0.4) is 0 Å². The first-order valence-electron chi connectivity index (χ1n) is 9.55. The molecule has 0 saturated carbocycles. The highest BCUT2D eigenvalue weighted by atomic mass is 16.3. The first-order valence-corrected chi connectivity index (χ1v) is 9.55. The van der Waals surface area contributed by atoms with Gasteiger partial charge in [-0.25, -0.2) is 9.97 Å². The van der Waals surface area contributed by atoms with Gasteiger partial charge in [0.15, 0.2) is 12.1 Å². The number of hydrogen-bond acceptors (Lipinski definition) is 5. The van der Waals surface area contributed by atoms with E-state index in [1.165, 1.54) is 6.39 Å². The Hall–Kier alpha value is -2.44. The third kappa shape index (κ3) is 2.89. The highest BCUT2D eigenvalue weighted by Crippen LogP contribution is 2.44. The molecular formula is C20H26N4O3. The summed E-state index contributed by atoms with van der Waals surface area (Å²) in [7, 11) is 0. The molecule has 1 spiro atoms. The zero-order chi connectivity index (χ0) is 19.4. The molecule has 3 heterocycles. The smallest absolute Gasteiger partial charge is 0.276 e. The third-order valence-electron chi connectivity index (χ3n) is 6.04. The first kappa shape index (κ1) is 17.9. The molecule has 0 radical (unpaired) electrons. The normalized spacial score (nSPS) is 18.7. The number of aryl methyl sites for hydroxylation is 1. The van der Waals surface area contributed by atoms with E-state index >= 15 is 0 Å². The molecule has 2 aromatic rings. The van der Waals surface area contributed by atoms with Crippen LogP contribution in [-0.4, -0.2) is 38.8 Å². The molecule has 1 aliphatic carbocycles. The number of piperidine rings is 1. The van der Waals surface area contributed by atoms with Gasteiger partial charge >= 0.3 is 0 Å². The molecule has 27 heavy (non-hydrogen) atoms. The average molecular weight is 370 g/mol. The minimum absolute atomic E-state index is 0.00136. The number of carbonyl (C=O) groups is 1. The highest BCUT2D eigenvalue weighted by Gasteiger charge is 2.45. The quantitative estimate of drug-likeness (QED) is 0.832. The molecule has 2 aromatic heterocycles. The van der Waals surface area contributed by atoms with Gasteiger partial charge in [-0.1, -0.05) is 20.8 Å². The molecule has 1 amide bonds. The Kier molecular flexibility index (Phi) is 4.01. The van der Waals surface area contributed by atoms with Crippen LogP contribution in [0.1, 0.15) is 73.4 Å². The summed E-state index contributed by atoms with van der Waals surface area (Å²) >= 11 is 0. The molecule has 1 fully saturated rings. The Labute approximate surface area is 158 Å². The van der Waals surface area contributed by atoms with Gasteiger partial charge in [0.05, 0.1) is 5.69 Å². The van der Waals surface area contributed by atoms with Crippen molar-refractivity contribution in [1.29, 1.82) is 0 Å². The summed E-state index contributed by atoms with van der Waals surface area (Å²) in [4.78, 5) is 39.1. The summed E-state index contributed by atoms with van der Waals surface area (Å²) < 4.78 is 5.17. The molecule has 1 saturated heterocycles. The summed E-state index contributed by atoms with van der Waals surface area (Å²) in [6.07, 6.45) is 4.65. The van der Waals surface area contributed by atoms with E-state index in [1.54, 1.807) is 6.92 Å². The monoisotopic (exact) mass is 370 g/mol. The van der Waals surface area contributed by atoms with Crippen LogP contribution < -0.4 is 5.56 Å². The minimum Gasteiger partial charge on any atom is -0.448 e. The van der Waals surface area contributed by atoms with Crippen LogP contribution >= 0.6 is 0 Å². The predicted molar refractivity (Wildman–Crippen MR) is 99.9 cm³/mol. The number of likely N-dealkylation sites (tertiary alicyclic amines) is 1. The number of fused-ring (bicyclic) bond motifs is 2. The van der Waals surface area contributed by atoms with Crippen molar-refractivity contribution in [3.63, 3.8) is 0 Å². The van der Waals surface area contributed by atoms with E-state index in [9.17, 15) is 9.59 Å². The van der Waals surface area contributed by atoms with E-state index in [4.69, 9.17) is 9.40 Å². The van der Waals surface area contributed by atoms with Crippen LogP contribution in [-0.2, 0) is 17.3 Å². The molecular weight excluding hydrogens is 344 g/mol. The fourth-order valence-corrected chi connectivity index (χ4v) is 4.29. The van der Waals surface area contributed by atoms with Gasteiger partial charge in [0.1, 0.15) is 11.6 Å². The van der Waals surface area contributed by atoms with E-state index in [0.717, 1.165) is 42.8 Å². The number of hydrogen-bond donors (Lipinski definition) is 1. The average Bonchev–Trinajstić information content (AvgIpc) is 3.19. The Balaban J connectivity index is 1.60. The first-order chi connectivity index (χ1) is 12.7. The van der Waals surface area contributed by atoms with Crippen molar-refractivity contribution < 1.29 is 9.21 Å². The van der Waals surface area contributed by atoms with Crippen LogP contribution in [0, 0.1) is 6.92 Å². The predicted octanol–water partition coefficient (Wildman–Crippen LogP) is 2.48. The van der Waals surface area contributed by atoms with Crippen molar-refractivity contribution >= 4 is 5.91 Å². The largest absolute Gasteiger partial charge is 0.448 e. The molecule has 0 atom stereocenters. The SMILES string of the molecule is Cc1ocnc1C(=O)N1CCC2(CCc3c2nc(C(C)(C)C)[nH]c3=O)CC1. The van der Waals surface area contributed by atoms with E-state index < -0.39 is 0 Å². The fourth-order valence-electron chi connectivity index (χ4n) is 4.29. The number of rotatable bonds is 1. The summed E-state index contributed by atoms with van der Waals surface area (Å²) in [6.45, 7) is 9.21. The van der Waals surface area contributed by atoms with Gasteiger partial charge in [0, 0.05) is 29.5 Å². The fraction of sp³-hybridized carbons (Fsp3) is 0.600. The summed E-state index contributed by atoms with van der Waals surface area (Å²) in [6, 6.07) is 0. The van der Waals surface area contributed by atoms with Crippen LogP contribution in [0.15, 0.2) is 15.6 Å². The Bertz CT molecular complexity index is 943. The van der Waals surface area contributed by atoms with Crippen molar-refractivity contribution in [2.45, 2.75) is 64.2 Å². The molecule has 2 aliphatic rings. The number of aromatic amines is 1. The highest BCUT2D eigenvalue weighted by molar-refractivity contribution is 5.93. The lowest BCUT2D eigenvalue weighted by Crippen LogP contribution is -2.45. The maximum Gasteiger partial charge on any atom is 0.276 e. The molecule has 7 heteroatoms. The van der Waals surface area contributed by atoms with Crippen molar-refractivity contribution in [1.82, 2.24) is 19.9 Å². The van der Waals surface area contributed by atoms with Gasteiger partial charge in [-0.15, -0.1) is 0 Å². The molecule has 0 aromatic carbocycles. The topological polar surface area (TPSA) is 92.1 Å². The van der Waals surface area contributed by atoms with Gasteiger partial charge in [0.2, 0.25) is 0 Å². The second-order valence-corrected chi connectivity index (χ2v) is 8.82. The minimum atomic E-state index is -0.209. The molecule has 1 aliphatic heterocycles. The molecule has 7 nitrogen and oxygen atoms in total. The Morgan fingerprint density at radius 3 is 2.56 bits per heavy atom. The van der Waals surface area contributed by atoms with Crippen LogP contribution in [0.2, 0.25) is 0 Å². The number of carbonyl (C=O) groups excluding carboxylic acids is 1. The van der Waals surface area contributed by atoms with Gasteiger partial charge in [-0.05, 0) is 32.6 Å². The number of amides is 1. The van der Waals surface area contributed by atoms with Crippen LogP contribution in [0.5, 0.6) is 0 Å². The standard InChI is InChI=1S/C20H26N4O3/c1-12-14(21-11-27-12)17(26)24-9-7-20(8-10-24)6-5-13-15(20)22-18(19(2,3)4)23-16(13)25/h11H,5-10H2,1-4H3,(H,22,23,25). The zero-order valence-corrected chi connectivity index (χ0v) is 16.4. The number of aromatic nitrogens is 3. The molecule has 0 unspecified atom stereocenters. The van der Waals surface area contributed by atoms with Crippen molar-refractivity contribution in [3.05, 3.63) is 45.3 Å². The lowest BCUT2D eigenvalue weighted by atomic mass is 9.76. The number of nitrogens with one attached hydrogen (secondary N) is 1. The van der Waals surface area contributed by atoms with Gasteiger partial charge in [-0.2, -0.15) is 0 Å². The molecule has 1 N–H and O–H groups in total. The van der Waals surface area contributed by atoms with E-state index in [-0.39, 0.29) is 22.3 Å². The van der Waals surface area contributed by atoms with Crippen molar-refractivity contribution in [2.75, 3.05) is 13.1 Å². The Morgan fingerprint density at radius 1 is 1.26 bits per heavy atom. The maximum atomic E-state index is 12.7. The van der Waals surface area contributed by atoms with Crippen molar-refractivity contribution in [3.8, 4) is 0 Å². The van der Waals surface area contributed by atoms with Gasteiger partial charge < -0.3 is 14.3 Å². The van der Waals surface area contributed by atoms with Crippen molar-refractivity contribution in [2.24, 2.45) is 0 Å².